The molecule has 0 aliphatic heterocycles. The van der Waals surface area contributed by atoms with E-state index < -0.39 is 0 Å². The standard InChI is InChI=1S/C25H20ClN7O/c1-17-24(29-31-33(17)23-13-6-5-12-21(23)26)25(34)27-20-11-7-10-19(14-20)22-16-32(30-28-22)15-18-8-3-2-4-9-18/h2-14,16H,15H2,1H3,(H,27,34). The number of nitrogens with zero attached hydrogens (tertiary/aromatic N) is 6. The summed E-state index contributed by atoms with van der Waals surface area (Å²) in [4.78, 5) is 12.9. The summed E-state index contributed by atoms with van der Waals surface area (Å²) >= 11 is 6.27. The van der Waals surface area contributed by atoms with Crippen molar-refractivity contribution in [3.8, 4) is 16.9 Å². The second-order valence-electron chi connectivity index (χ2n) is 7.71. The summed E-state index contributed by atoms with van der Waals surface area (Å²) in [7, 11) is 0. The molecule has 1 N–H and O–H groups in total. The van der Waals surface area contributed by atoms with E-state index in [0.29, 0.717) is 34.3 Å². The smallest absolute Gasteiger partial charge is 0.278 e. The number of para-hydroxylation sites is 1. The van der Waals surface area contributed by atoms with Gasteiger partial charge in [0.15, 0.2) is 5.69 Å². The minimum Gasteiger partial charge on any atom is -0.321 e. The second kappa shape index (κ2) is 9.29. The summed E-state index contributed by atoms with van der Waals surface area (Å²) in [5.74, 6) is -0.360. The molecule has 8 nitrogen and oxygen atoms in total. The number of aromatic nitrogens is 6. The van der Waals surface area contributed by atoms with Crippen molar-refractivity contribution in [1.29, 1.82) is 0 Å². The molecule has 2 aromatic heterocycles. The van der Waals surface area contributed by atoms with Crippen molar-refractivity contribution in [1.82, 2.24) is 30.0 Å². The molecule has 0 fully saturated rings. The summed E-state index contributed by atoms with van der Waals surface area (Å²) in [6.07, 6.45) is 1.88. The van der Waals surface area contributed by atoms with Crippen molar-refractivity contribution in [2.45, 2.75) is 13.5 Å². The normalized spacial score (nSPS) is 10.9. The number of anilines is 1. The molecule has 34 heavy (non-hydrogen) atoms. The van der Waals surface area contributed by atoms with E-state index in [9.17, 15) is 4.79 Å². The Balaban J connectivity index is 1.33. The molecule has 168 valence electrons. The Morgan fingerprint density at radius 1 is 0.941 bits per heavy atom. The second-order valence-corrected chi connectivity index (χ2v) is 8.12. The number of benzene rings is 3. The van der Waals surface area contributed by atoms with Gasteiger partial charge in [-0.2, -0.15) is 0 Å². The molecule has 0 aliphatic carbocycles. The molecule has 1 amide bonds. The lowest BCUT2D eigenvalue weighted by atomic mass is 10.1. The SMILES string of the molecule is Cc1c(C(=O)Nc2cccc(-c3cn(Cc4ccccc4)nn3)c2)nnn1-c1ccccc1Cl. The highest BCUT2D eigenvalue weighted by Crippen LogP contribution is 2.23. The fourth-order valence-corrected chi connectivity index (χ4v) is 3.83. The zero-order valence-electron chi connectivity index (χ0n) is 18.3. The summed E-state index contributed by atoms with van der Waals surface area (Å²) in [5.41, 5.74) is 4.78. The first-order valence-electron chi connectivity index (χ1n) is 10.6. The number of nitrogens with one attached hydrogen (secondary N) is 1. The first-order valence-corrected chi connectivity index (χ1v) is 11.0. The maximum Gasteiger partial charge on any atom is 0.278 e. The van der Waals surface area contributed by atoms with Gasteiger partial charge in [0.25, 0.3) is 5.91 Å². The maximum atomic E-state index is 12.9. The van der Waals surface area contributed by atoms with Gasteiger partial charge in [-0.1, -0.05) is 76.6 Å². The van der Waals surface area contributed by atoms with Crippen LogP contribution in [0.5, 0.6) is 0 Å². The van der Waals surface area contributed by atoms with E-state index in [4.69, 9.17) is 11.6 Å². The largest absolute Gasteiger partial charge is 0.321 e. The van der Waals surface area contributed by atoms with E-state index in [-0.39, 0.29) is 11.6 Å². The third kappa shape index (κ3) is 4.44. The number of amides is 1. The monoisotopic (exact) mass is 469 g/mol. The van der Waals surface area contributed by atoms with E-state index in [1.807, 2.05) is 79.0 Å². The molecule has 0 saturated carbocycles. The van der Waals surface area contributed by atoms with E-state index in [1.54, 1.807) is 22.4 Å². The minimum atomic E-state index is -0.360. The fourth-order valence-electron chi connectivity index (χ4n) is 3.62. The molecule has 5 rings (SSSR count). The van der Waals surface area contributed by atoms with Gasteiger partial charge >= 0.3 is 0 Å². The molecule has 9 heteroatoms. The van der Waals surface area contributed by atoms with E-state index in [1.165, 1.54) is 0 Å². The van der Waals surface area contributed by atoms with E-state index in [2.05, 4.69) is 25.9 Å². The fraction of sp³-hybridized carbons (Fsp3) is 0.0800. The van der Waals surface area contributed by atoms with Crippen LogP contribution in [0.2, 0.25) is 5.02 Å². The topological polar surface area (TPSA) is 90.5 Å². The highest BCUT2D eigenvalue weighted by atomic mass is 35.5. The average molecular weight is 470 g/mol. The average Bonchev–Trinajstić information content (AvgIpc) is 3.47. The summed E-state index contributed by atoms with van der Waals surface area (Å²) in [5, 5.41) is 20.1. The van der Waals surface area contributed by atoms with Gasteiger partial charge in [-0.3, -0.25) is 4.79 Å². The van der Waals surface area contributed by atoms with Gasteiger partial charge in [0.05, 0.1) is 29.1 Å². The van der Waals surface area contributed by atoms with Crippen molar-refractivity contribution in [2.75, 3.05) is 5.32 Å². The quantitative estimate of drug-likeness (QED) is 0.386. The predicted molar refractivity (Wildman–Crippen MR) is 130 cm³/mol. The number of carbonyl (C=O) groups is 1. The molecule has 0 saturated heterocycles. The first kappa shape index (κ1) is 21.5. The maximum absolute atomic E-state index is 12.9. The van der Waals surface area contributed by atoms with Crippen LogP contribution in [0.25, 0.3) is 16.9 Å². The van der Waals surface area contributed by atoms with Crippen molar-refractivity contribution in [3.05, 3.63) is 107 Å². The van der Waals surface area contributed by atoms with Crippen LogP contribution in [0.4, 0.5) is 5.69 Å². The van der Waals surface area contributed by atoms with Crippen LogP contribution < -0.4 is 5.32 Å². The van der Waals surface area contributed by atoms with Gasteiger partial charge in [-0.25, -0.2) is 9.36 Å². The molecule has 2 heterocycles. The third-order valence-corrected chi connectivity index (χ3v) is 5.65. The first-order chi connectivity index (χ1) is 16.6. The van der Waals surface area contributed by atoms with E-state index >= 15 is 0 Å². The summed E-state index contributed by atoms with van der Waals surface area (Å²) < 4.78 is 3.34. The lowest BCUT2D eigenvalue weighted by Crippen LogP contribution is -2.14. The Kier molecular flexibility index (Phi) is 5.88. The molecule has 0 aliphatic rings. The van der Waals surface area contributed by atoms with Crippen LogP contribution in [0, 0.1) is 6.92 Å². The predicted octanol–water partition coefficient (Wildman–Crippen LogP) is 4.79. The molecule has 0 bridgehead atoms. The lowest BCUT2D eigenvalue weighted by Gasteiger charge is -2.07. The van der Waals surface area contributed by atoms with Crippen LogP contribution in [0.1, 0.15) is 21.7 Å². The molecular weight excluding hydrogens is 450 g/mol. The Hall–Kier alpha value is -4.30. The molecule has 3 aromatic carbocycles. The number of rotatable bonds is 6. The number of carbonyl (C=O) groups excluding carboxylic acids is 1. The molecule has 0 spiro atoms. The zero-order valence-corrected chi connectivity index (χ0v) is 19.0. The number of hydrogen-bond donors (Lipinski definition) is 1. The van der Waals surface area contributed by atoms with Crippen LogP contribution in [-0.2, 0) is 6.54 Å². The highest BCUT2D eigenvalue weighted by Gasteiger charge is 2.19. The van der Waals surface area contributed by atoms with Crippen molar-refractivity contribution < 1.29 is 4.79 Å². The Morgan fingerprint density at radius 2 is 1.74 bits per heavy atom. The van der Waals surface area contributed by atoms with Crippen molar-refractivity contribution in [2.24, 2.45) is 0 Å². The van der Waals surface area contributed by atoms with Gasteiger partial charge in [0, 0.05) is 11.3 Å². The molecular formula is C25H20ClN7O. The minimum absolute atomic E-state index is 0.221. The van der Waals surface area contributed by atoms with Crippen molar-refractivity contribution >= 4 is 23.2 Å². The molecule has 0 radical (unpaired) electrons. The van der Waals surface area contributed by atoms with Gasteiger partial charge in [0.1, 0.15) is 5.69 Å². The number of hydrogen-bond acceptors (Lipinski definition) is 5. The molecule has 0 unspecified atom stereocenters. The summed E-state index contributed by atoms with van der Waals surface area (Å²) in [6.45, 7) is 2.41. The van der Waals surface area contributed by atoms with Gasteiger partial charge in [-0.05, 0) is 36.8 Å². The summed E-state index contributed by atoms with van der Waals surface area (Å²) in [6, 6.07) is 24.8. The highest BCUT2D eigenvalue weighted by molar-refractivity contribution is 6.32. The third-order valence-electron chi connectivity index (χ3n) is 5.33. The van der Waals surface area contributed by atoms with Crippen LogP contribution in [0.3, 0.4) is 0 Å². The van der Waals surface area contributed by atoms with Crippen LogP contribution in [0.15, 0.2) is 85.1 Å². The zero-order chi connectivity index (χ0) is 23.5. The van der Waals surface area contributed by atoms with Crippen LogP contribution in [-0.4, -0.2) is 35.9 Å². The van der Waals surface area contributed by atoms with Gasteiger partial charge in [-0.15, -0.1) is 10.2 Å². The lowest BCUT2D eigenvalue weighted by molar-refractivity contribution is 0.102. The Bertz CT molecular complexity index is 1460. The van der Waals surface area contributed by atoms with E-state index in [0.717, 1.165) is 11.1 Å². The number of halogens is 1. The van der Waals surface area contributed by atoms with Gasteiger partial charge < -0.3 is 5.32 Å². The Morgan fingerprint density at radius 3 is 2.56 bits per heavy atom. The van der Waals surface area contributed by atoms with Crippen LogP contribution >= 0.6 is 11.6 Å². The van der Waals surface area contributed by atoms with Crippen molar-refractivity contribution in [3.63, 3.8) is 0 Å². The molecule has 0 atom stereocenters. The Labute approximate surface area is 200 Å². The molecule has 5 aromatic rings. The van der Waals surface area contributed by atoms with Gasteiger partial charge in [0.2, 0.25) is 0 Å².